The van der Waals surface area contributed by atoms with Crippen LogP contribution in [0, 0.1) is 41.5 Å². The number of likely N-dealkylation sites (tertiary alicyclic amines) is 1. The van der Waals surface area contributed by atoms with Crippen molar-refractivity contribution in [3.05, 3.63) is 82.6 Å². The van der Waals surface area contributed by atoms with Gasteiger partial charge in [-0.3, -0.25) is 0 Å². The van der Waals surface area contributed by atoms with E-state index in [2.05, 4.69) is 38.1 Å². The number of aliphatic hydroxyl groups is 2. The van der Waals surface area contributed by atoms with Crippen LogP contribution in [0.25, 0.3) is 45.3 Å². The summed E-state index contributed by atoms with van der Waals surface area (Å²) in [6.07, 6.45) is 0.927. The highest BCUT2D eigenvalue weighted by atomic mass is 16.6. The average molecular weight is 1050 g/mol. The summed E-state index contributed by atoms with van der Waals surface area (Å²) in [5.74, 6) is 5.40. The number of anilines is 2. The highest BCUT2D eigenvalue weighted by Gasteiger charge is 2.30. The van der Waals surface area contributed by atoms with E-state index in [1.807, 2.05) is 111 Å². The van der Waals surface area contributed by atoms with Crippen molar-refractivity contribution in [2.75, 3.05) is 83.4 Å². The number of ether oxygens (including phenoxy) is 4. The normalized spacial score (nSPS) is 15.9. The maximum atomic E-state index is 12.7. The van der Waals surface area contributed by atoms with E-state index in [1.54, 1.807) is 19.0 Å². The summed E-state index contributed by atoms with van der Waals surface area (Å²) in [5.41, 5.74) is 7.85. The number of carbonyl (C=O) groups excluding carboxylic acids is 1. The Morgan fingerprint density at radius 2 is 1.29 bits per heavy atom. The van der Waals surface area contributed by atoms with Crippen molar-refractivity contribution in [1.82, 2.24) is 45.8 Å². The molecule has 0 bridgehead atoms. The van der Waals surface area contributed by atoms with Gasteiger partial charge in [-0.15, -0.1) is 0 Å². The van der Waals surface area contributed by atoms with E-state index >= 15 is 0 Å². The van der Waals surface area contributed by atoms with Crippen LogP contribution in [-0.4, -0.2) is 155 Å². The lowest BCUT2D eigenvalue weighted by atomic mass is 10.0. The summed E-state index contributed by atoms with van der Waals surface area (Å²) in [7, 11) is 3.58. The molecule has 20 heteroatoms. The molecule has 3 unspecified atom stereocenters. The lowest BCUT2D eigenvalue weighted by molar-refractivity contribution is 0.00795. The number of rotatable bonds is 19. The molecule has 2 aromatic carbocycles. The number of nitrogens with zero attached hydrogens (tertiary/aromatic N) is 8. The lowest BCUT2D eigenvalue weighted by Gasteiger charge is -2.34. The molecule has 2 aliphatic rings. The van der Waals surface area contributed by atoms with E-state index in [9.17, 15) is 15.0 Å². The summed E-state index contributed by atoms with van der Waals surface area (Å²) in [6.45, 7) is 24.2. The SMILES string of the molecule is CCC(C)(C)OC(=O)N1CCC(Nc2nc(-c3cccc(OCC(O)CNC)c3)nc(-c3c(C)noc3C)c2C)CC1.CNCC(O)COc1cccc(-c2nc(-c3c(C)noc3C)c(C)c(N3CCOC(C)C3)n2)c1. The number of benzene rings is 2. The minimum atomic E-state index is -0.623. The minimum Gasteiger partial charge on any atom is -0.491 e. The molecular weight excluding hydrogens is 971 g/mol. The molecule has 2 saturated heterocycles. The van der Waals surface area contributed by atoms with Gasteiger partial charge in [0.05, 0.1) is 46.6 Å². The third-order valence-electron chi connectivity index (χ3n) is 13.6. The molecule has 0 aliphatic carbocycles. The van der Waals surface area contributed by atoms with Crippen molar-refractivity contribution in [2.45, 2.75) is 118 Å². The number of morpholine rings is 1. The number of aliphatic hydroxyl groups excluding tert-OH is 2. The van der Waals surface area contributed by atoms with E-state index in [0.29, 0.717) is 61.7 Å². The Balaban J connectivity index is 0.000000226. The monoisotopic (exact) mass is 1050 g/mol. The summed E-state index contributed by atoms with van der Waals surface area (Å²) in [6, 6.07) is 15.3. The van der Waals surface area contributed by atoms with Gasteiger partial charge >= 0.3 is 6.09 Å². The van der Waals surface area contributed by atoms with E-state index in [-0.39, 0.29) is 31.5 Å². The number of amides is 1. The number of aryl methyl sites for hydroxylation is 4. The number of likely N-dealkylation sites (N-methyl/N-ethyl adjacent to an activating group) is 2. The molecule has 4 aromatic heterocycles. The molecule has 5 N–H and O–H groups in total. The number of hydrogen-bond donors (Lipinski definition) is 5. The predicted molar refractivity (Wildman–Crippen MR) is 292 cm³/mol. The van der Waals surface area contributed by atoms with Crippen LogP contribution in [0.4, 0.5) is 16.4 Å². The highest BCUT2D eigenvalue weighted by molar-refractivity contribution is 5.76. The maximum absolute atomic E-state index is 12.7. The average Bonchev–Trinajstić information content (AvgIpc) is 3.93. The Morgan fingerprint density at radius 3 is 1.78 bits per heavy atom. The molecule has 0 spiro atoms. The van der Waals surface area contributed by atoms with Gasteiger partial charge in [0.1, 0.15) is 65.7 Å². The van der Waals surface area contributed by atoms with Crippen molar-refractivity contribution in [3.8, 4) is 56.8 Å². The molecule has 6 heterocycles. The fourth-order valence-electron chi connectivity index (χ4n) is 9.06. The Morgan fingerprint density at radius 1 is 0.763 bits per heavy atom. The number of piperidine rings is 1. The van der Waals surface area contributed by atoms with Gasteiger partial charge in [-0.05, 0) is 120 Å². The predicted octanol–water partition coefficient (Wildman–Crippen LogP) is 7.79. The van der Waals surface area contributed by atoms with Crippen LogP contribution in [0.3, 0.4) is 0 Å². The van der Waals surface area contributed by atoms with Gasteiger partial charge in [0.2, 0.25) is 0 Å². The number of carbonyl (C=O) groups is 1. The lowest BCUT2D eigenvalue weighted by Crippen LogP contribution is -2.45. The Kier molecular flexibility index (Phi) is 19.4. The Bertz CT molecular complexity index is 2840. The second-order valence-electron chi connectivity index (χ2n) is 20.2. The molecule has 0 saturated carbocycles. The number of nitrogens with one attached hydrogen (secondary N) is 3. The van der Waals surface area contributed by atoms with E-state index in [4.69, 9.17) is 47.9 Å². The van der Waals surface area contributed by atoms with Gasteiger partial charge in [-0.1, -0.05) is 41.5 Å². The molecule has 0 radical (unpaired) electrons. The van der Waals surface area contributed by atoms with Crippen LogP contribution < -0.4 is 30.3 Å². The molecule has 8 rings (SSSR count). The summed E-state index contributed by atoms with van der Waals surface area (Å²) in [5, 5.41) is 37.8. The molecule has 2 fully saturated rings. The second kappa shape index (κ2) is 25.9. The first-order chi connectivity index (χ1) is 36.4. The topological polar surface area (TPSA) is 241 Å². The summed E-state index contributed by atoms with van der Waals surface area (Å²) in [4.78, 5) is 36.6. The second-order valence-corrected chi connectivity index (χ2v) is 20.2. The molecule has 2 aliphatic heterocycles. The van der Waals surface area contributed by atoms with Gasteiger partial charge < -0.3 is 64.0 Å². The molecular formula is C56H77N11O9. The smallest absolute Gasteiger partial charge is 0.410 e. The van der Waals surface area contributed by atoms with Gasteiger partial charge in [0.25, 0.3) is 0 Å². The quantitative estimate of drug-likeness (QED) is 0.0520. The first-order valence-corrected chi connectivity index (χ1v) is 26.2. The molecule has 3 atom stereocenters. The molecule has 410 valence electrons. The van der Waals surface area contributed by atoms with E-state index < -0.39 is 17.8 Å². The zero-order valence-corrected chi connectivity index (χ0v) is 46.2. The molecule has 76 heavy (non-hydrogen) atoms. The Hall–Kier alpha value is -6.71. The van der Waals surface area contributed by atoms with Gasteiger partial charge in [0.15, 0.2) is 11.6 Å². The van der Waals surface area contributed by atoms with Crippen molar-refractivity contribution < 1.29 is 43.0 Å². The molecule has 6 aromatic rings. The third kappa shape index (κ3) is 14.4. The number of aromatic nitrogens is 6. The highest BCUT2D eigenvalue weighted by Crippen LogP contribution is 2.37. The minimum absolute atomic E-state index is 0.120. The van der Waals surface area contributed by atoms with Gasteiger partial charge in [-0.2, -0.15) is 0 Å². The van der Waals surface area contributed by atoms with Crippen molar-refractivity contribution >= 4 is 17.7 Å². The van der Waals surface area contributed by atoms with Crippen LogP contribution in [-0.2, 0) is 9.47 Å². The van der Waals surface area contributed by atoms with Crippen molar-refractivity contribution in [3.63, 3.8) is 0 Å². The fourth-order valence-corrected chi connectivity index (χ4v) is 9.06. The third-order valence-corrected chi connectivity index (χ3v) is 13.6. The molecule has 20 nitrogen and oxygen atoms in total. The largest absolute Gasteiger partial charge is 0.491 e. The standard InChI is InChI=1S/C31H44N6O5.C25H33N5O4/c1-8-31(5,6)41-30(39)37-14-12-23(13-15-37)33-28-19(2)27(26-20(3)36-42-21(26)4)34-29(35-28)22-10-9-11-25(16-22)40-18-24(38)17-32-7;1-15-13-30(9-10-32-15)25-16(2)23(22-17(3)29-34-18(22)4)27-24(28-25)19-7-6-8-21(11-19)33-14-20(31)12-26-5/h9-11,16,23-24,32,38H,8,12-15,17-18H2,1-7H3,(H,33,34,35);6-8,11,15,20,26,31H,9-10,12-14H2,1-5H3. The van der Waals surface area contributed by atoms with Crippen LogP contribution in [0.15, 0.2) is 57.6 Å². The first kappa shape index (κ1) is 57.0. The zero-order valence-electron chi connectivity index (χ0n) is 46.2. The van der Waals surface area contributed by atoms with Crippen LogP contribution in [0.5, 0.6) is 11.5 Å². The Labute approximate surface area is 446 Å². The maximum Gasteiger partial charge on any atom is 0.410 e. The zero-order chi connectivity index (χ0) is 54.7. The van der Waals surface area contributed by atoms with Crippen LogP contribution in [0.1, 0.15) is 81.0 Å². The summed E-state index contributed by atoms with van der Waals surface area (Å²) < 4.78 is 34.0. The number of hydrogen-bond acceptors (Lipinski definition) is 19. The van der Waals surface area contributed by atoms with Crippen LogP contribution in [0.2, 0.25) is 0 Å². The van der Waals surface area contributed by atoms with Gasteiger partial charge in [-0.25, -0.2) is 24.7 Å². The van der Waals surface area contributed by atoms with Crippen molar-refractivity contribution in [1.29, 1.82) is 0 Å². The van der Waals surface area contributed by atoms with E-state index in [1.165, 1.54) is 0 Å². The summed E-state index contributed by atoms with van der Waals surface area (Å²) >= 11 is 0. The fraction of sp³-hybridized carbons (Fsp3) is 0.518. The molecule has 1 amide bonds. The van der Waals surface area contributed by atoms with E-state index in [0.717, 1.165) is 106 Å². The van der Waals surface area contributed by atoms with Gasteiger partial charge in [0, 0.05) is 67.6 Å². The van der Waals surface area contributed by atoms with Crippen molar-refractivity contribution in [2.24, 2.45) is 0 Å². The van der Waals surface area contributed by atoms with Crippen LogP contribution >= 0.6 is 0 Å². The first-order valence-electron chi connectivity index (χ1n) is 26.2.